The standard InChI is InChI=1S/C17H21N3O3/c1-5-23-15-10-12(6-8-14(15)22-4)17(21)19-13-7-9-16(18-11-13)20(2)3/h6-11H,5H2,1-4H3,(H,19,21). The second kappa shape index (κ2) is 7.49. The first-order valence-corrected chi connectivity index (χ1v) is 7.30. The van der Waals surface area contributed by atoms with E-state index in [2.05, 4.69) is 10.3 Å². The molecule has 0 bridgehead atoms. The predicted molar refractivity (Wildman–Crippen MR) is 90.7 cm³/mol. The zero-order valence-electron chi connectivity index (χ0n) is 13.8. The summed E-state index contributed by atoms with van der Waals surface area (Å²) in [6.45, 7) is 2.38. The molecule has 1 N–H and O–H groups in total. The van der Waals surface area contributed by atoms with Crippen LogP contribution in [0.3, 0.4) is 0 Å². The average Bonchev–Trinajstić information content (AvgIpc) is 2.55. The van der Waals surface area contributed by atoms with E-state index in [4.69, 9.17) is 9.47 Å². The third kappa shape index (κ3) is 4.12. The molecule has 1 aromatic heterocycles. The molecule has 1 aromatic carbocycles. The van der Waals surface area contributed by atoms with Gasteiger partial charge in [-0.3, -0.25) is 4.79 Å². The molecular weight excluding hydrogens is 294 g/mol. The van der Waals surface area contributed by atoms with Crippen LogP contribution in [0.1, 0.15) is 17.3 Å². The van der Waals surface area contributed by atoms with E-state index >= 15 is 0 Å². The predicted octanol–water partition coefficient (Wildman–Crippen LogP) is 2.81. The smallest absolute Gasteiger partial charge is 0.255 e. The minimum atomic E-state index is -0.229. The number of hydrogen-bond acceptors (Lipinski definition) is 5. The highest BCUT2D eigenvalue weighted by atomic mass is 16.5. The van der Waals surface area contributed by atoms with Crippen LogP contribution < -0.4 is 19.7 Å². The third-order valence-corrected chi connectivity index (χ3v) is 3.19. The van der Waals surface area contributed by atoms with E-state index in [1.54, 1.807) is 31.5 Å². The fourth-order valence-corrected chi connectivity index (χ4v) is 2.01. The number of carbonyl (C=O) groups excluding carboxylic acids is 1. The maximum atomic E-state index is 12.3. The van der Waals surface area contributed by atoms with Crippen LogP contribution in [0.15, 0.2) is 36.5 Å². The zero-order valence-corrected chi connectivity index (χ0v) is 13.8. The van der Waals surface area contributed by atoms with Crippen molar-refractivity contribution in [1.82, 2.24) is 4.98 Å². The number of nitrogens with one attached hydrogen (secondary N) is 1. The fourth-order valence-electron chi connectivity index (χ4n) is 2.01. The number of benzene rings is 1. The van der Waals surface area contributed by atoms with Crippen molar-refractivity contribution in [3.05, 3.63) is 42.1 Å². The molecule has 1 amide bonds. The second-order valence-corrected chi connectivity index (χ2v) is 5.05. The van der Waals surface area contributed by atoms with E-state index in [9.17, 15) is 4.79 Å². The second-order valence-electron chi connectivity index (χ2n) is 5.05. The fraction of sp³-hybridized carbons (Fsp3) is 0.294. The molecule has 0 aliphatic rings. The minimum Gasteiger partial charge on any atom is -0.493 e. The molecule has 23 heavy (non-hydrogen) atoms. The summed E-state index contributed by atoms with van der Waals surface area (Å²) in [6.07, 6.45) is 1.63. The Balaban J connectivity index is 2.15. The van der Waals surface area contributed by atoms with E-state index in [0.717, 1.165) is 5.82 Å². The molecule has 0 unspecified atom stereocenters. The van der Waals surface area contributed by atoms with Gasteiger partial charge in [0, 0.05) is 19.7 Å². The summed E-state index contributed by atoms with van der Waals surface area (Å²) in [6, 6.07) is 8.73. The summed E-state index contributed by atoms with van der Waals surface area (Å²) in [5.41, 5.74) is 1.13. The van der Waals surface area contributed by atoms with Crippen molar-refractivity contribution < 1.29 is 14.3 Å². The van der Waals surface area contributed by atoms with Gasteiger partial charge in [0.25, 0.3) is 5.91 Å². The molecule has 122 valence electrons. The lowest BCUT2D eigenvalue weighted by molar-refractivity contribution is 0.102. The van der Waals surface area contributed by atoms with Crippen LogP contribution >= 0.6 is 0 Å². The van der Waals surface area contributed by atoms with Gasteiger partial charge in [-0.1, -0.05) is 0 Å². The molecule has 6 heteroatoms. The summed E-state index contributed by atoms with van der Waals surface area (Å²) in [5, 5.41) is 2.81. The first-order chi connectivity index (χ1) is 11.0. The Morgan fingerprint density at radius 3 is 2.57 bits per heavy atom. The van der Waals surface area contributed by atoms with Gasteiger partial charge < -0.3 is 19.7 Å². The average molecular weight is 315 g/mol. The number of amides is 1. The van der Waals surface area contributed by atoms with Crippen LogP contribution in [0.25, 0.3) is 0 Å². The number of methoxy groups -OCH3 is 1. The van der Waals surface area contributed by atoms with Gasteiger partial charge in [-0.25, -0.2) is 4.98 Å². The molecular formula is C17H21N3O3. The highest BCUT2D eigenvalue weighted by Gasteiger charge is 2.11. The van der Waals surface area contributed by atoms with E-state index in [1.165, 1.54) is 0 Å². The van der Waals surface area contributed by atoms with Crippen molar-refractivity contribution in [2.45, 2.75) is 6.92 Å². The van der Waals surface area contributed by atoms with Gasteiger partial charge in [0.15, 0.2) is 11.5 Å². The van der Waals surface area contributed by atoms with Crippen molar-refractivity contribution in [2.24, 2.45) is 0 Å². The summed E-state index contributed by atoms with van der Waals surface area (Å²) in [4.78, 5) is 18.5. The van der Waals surface area contributed by atoms with Gasteiger partial charge >= 0.3 is 0 Å². The van der Waals surface area contributed by atoms with Crippen LogP contribution in [0.5, 0.6) is 11.5 Å². The molecule has 2 rings (SSSR count). The molecule has 0 atom stereocenters. The monoisotopic (exact) mass is 315 g/mol. The Bertz CT molecular complexity index is 669. The lowest BCUT2D eigenvalue weighted by Crippen LogP contribution is -2.14. The number of aromatic nitrogens is 1. The van der Waals surface area contributed by atoms with Crippen molar-refractivity contribution in [2.75, 3.05) is 38.0 Å². The number of hydrogen-bond donors (Lipinski definition) is 1. The van der Waals surface area contributed by atoms with Gasteiger partial charge in [0.1, 0.15) is 5.82 Å². The van der Waals surface area contributed by atoms with Crippen LogP contribution in [0.2, 0.25) is 0 Å². The summed E-state index contributed by atoms with van der Waals surface area (Å²) in [5.74, 6) is 1.74. The molecule has 0 aliphatic carbocycles. The Labute approximate surface area is 136 Å². The first-order valence-electron chi connectivity index (χ1n) is 7.30. The highest BCUT2D eigenvalue weighted by molar-refractivity contribution is 6.04. The number of ether oxygens (including phenoxy) is 2. The topological polar surface area (TPSA) is 63.7 Å². The molecule has 0 saturated heterocycles. The number of anilines is 2. The first kappa shape index (κ1) is 16.6. The highest BCUT2D eigenvalue weighted by Crippen LogP contribution is 2.28. The van der Waals surface area contributed by atoms with E-state index in [-0.39, 0.29) is 5.91 Å². The molecule has 6 nitrogen and oxygen atoms in total. The minimum absolute atomic E-state index is 0.229. The number of carbonyl (C=O) groups is 1. The largest absolute Gasteiger partial charge is 0.493 e. The zero-order chi connectivity index (χ0) is 16.8. The number of nitrogens with zero attached hydrogens (tertiary/aromatic N) is 2. The van der Waals surface area contributed by atoms with Gasteiger partial charge in [-0.15, -0.1) is 0 Å². The molecule has 2 aromatic rings. The summed E-state index contributed by atoms with van der Waals surface area (Å²) >= 11 is 0. The molecule has 0 radical (unpaired) electrons. The molecule has 0 fully saturated rings. The quantitative estimate of drug-likeness (QED) is 0.888. The summed E-state index contributed by atoms with van der Waals surface area (Å²) < 4.78 is 10.7. The van der Waals surface area contributed by atoms with Crippen molar-refractivity contribution in [3.63, 3.8) is 0 Å². The SMILES string of the molecule is CCOc1cc(C(=O)Nc2ccc(N(C)C)nc2)ccc1OC. The maximum absolute atomic E-state index is 12.3. The van der Waals surface area contributed by atoms with Crippen LogP contribution in [-0.2, 0) is 0 Å². The molecule has 1 heterocycles. The number of rotatable bonds is 6. The van der Waals surface area contributed by atoms with Gasteiger partial charge in [-0.05, 0) is 37.3 Å². The lowest BCUT2D eigenvalue weighted by Gasteiger charge is -2.13. The van der Waals surface area contributed by atoms with Gasteiger partial charge in [-0.2, -0.15) is 0 Å². The van der Waals surface area contributed by atoms with Crippen LogP contribution in [0.4, 0.5) is 11.5 Å². The third-order valence-electron chi connectivity index (χ3n) is 3.19. The van der Waals surface area contributed by atoms with Gasteiger partial charge in [0.2, 0.25) is 0 Å². The molecule has 0 aliphatic heterocycles. The maximum Gasteiger partial charge on any atom is 0.255 e. The van der Waals surface area contributed by atoms with Gasteiger partial charge in [0.05, 0.1) is 25.6 Å². The van der Waals surface area contributed by atoms with E-state index < -0.39 is 0 Å². The normalized spacial score (nSPS) is 10.1. The van der Waals surface area contributed by atoms with E-state index in [1.807, 2.05) is 38.1 Å². The Hall–Kier alpha value is -2.76. The Kier molecular flexibility index (Phi) is 5.41. The Morgan fingerprint density at radius 1 is 1.22 bits per heavy atom. The van der Waals surface area contributed by atoms with Crippen molar-refractivity contribution in [1.29, 1.82) is 0 Å². The molecule has 0 saturated carbocycles. The lowest BCUT2D eigenvalue weighted by atomic mass is 10.2. The number of pyridine rings is 1. The van der Waals surface area contributed by atoms with E-state index in [0.29, 0.717) is 29.4 Å². The van der Waals surface area contributed by atoms with Crippen LogP contribution in [-0.4, -0.2) is 38.7 Å². The Morgan fingerprint density at radius 2 is 2.00 bits per heavy atom. The van der Waals surface area contributed by atoms with Crippen LogP contribution in [0, 0.1) is 0 Å². The van der Waals surface area contributed by atoms with Crippen molar-refractivity contribution >= 4 is 17.4 Å². The van der Waals surface area contributed by atoms with Crippen molar-refractivity contribution in [3.8, 4) is 11.5 Å². The summed E-state index contributed by atoms with van der Waals surface area (Å²) in [7, 11) is 5.38. The molecule has 0 spiro atoms.